The highest BCUT2D eigenvalue weighted by Crippen LogP contribution is 2.34. The largest absolute Gasteiger partial charge is 0.329 e. The second kappa shape index (κ2) is 7.62. The molecule has 0 bridgehead atoms. The summed E-state index contributed by atoms with van der Waals surface area (Å²) < 4.78 is 30.5. The van der Waals surface area contributed by atoms with Gasteiger partial charge in [0, 0.05) is 18.1 Å². The second-order valence-electron chi connectivity index (χ2n) is 9.18. The SMILES string of the molecule is CN(c1cc(F)cc(-c2ccc(C(C)(C)C)cc2)c1)c1nc2nncn2c2ccc(F)cc12. The molecular formula is C26H23F2N5. The van der Waals surface area contributed by atoms with Crippen LogP contribution in [0.2, 0.25) is 0 Å². The summed E-state index contributed by atoms with van der Waals surface area (Å²) in [6, 6.07) is 17.5. The number of hydrogen-bond donors (Lipinski definition) is 0. The van der Waals surface area contributed by atoms with Gasteiger partial charge in [-0.05, 0) is 58.5 Å². The number of fused-ring (bicyclic) bond motifs is 3. The zero-order valence-corrected chi connectivity index (χ0v) is 18.8. The molecule has 0 unspecified atom stereocenters. The van der Waals surface area contributed by atoms with E-state index in [1.165, 1.54) is 36.2 Å². The Morgan fingerprint density at radius 2 is 1.61 bits per heavy atom. The van der Waals surface area contributed by atoms with Crippen molar-refractivity contribution in [2.24, 2.45) is 0 Å². The van der Waals surface area contributed by atoms with E-state index in [-0.39, 0.29) is 17.0 Å². The van der Waals surface area contributed by atoms with Crippen molar-refractivity contribution >= 4 is 28.2 Å². The van der Waals surface area contributed by atoms with E-state index in [2.05, 4.69) is 48.1 Å². The molecule has 0 amide bonds. The topological polar surface area (TPSA) is 46.3 Å². The minimum atomic E-state index is -0.384. The van der Waals surface area contributed by atoms with Gasteiger partial charge < -0.3 is 4.90 Å². The van der Waals surface area contributed by atoms with Gasteiger partial charge in [0.15, 0.2) is 0 Å². The molecule has 33 heavy (non-hydrogen) atoms. The predicted octanol–water partition coefficient (Wildman–Crippen LogP) is 6.29. The van der Waals surface area contributed by atoms with Crippen LogP contribution in [0, 0.1) is 11.6 Å². The molecule has 0 aliphatic heterocycles. The number of nitrogens with zero attached hydrogens (tertiary/aromatic N) is 5. The van der Waals surface area contributed by atoms with Crippen molar-refractivity contribution in [3.63, 3.8) is 0 Å². The van der Waals surface area contributed by atoms with Crippen LogP contribution in [-0.2, 0) is 5.41 Å². The summed E-state index contributed by atoms with van der Waals surface area (Å²) in [7, 11) is 1.78. The van der Waals surface area contributed by atoms with Gasteiger partial charge in [-0.25, -0.2) is 8.78 Å². The number of aromatic nitrogens is 4. The van der Waals surface area contributed by atoms with Crippen LogP contribution in [-0.4, -0.2) is 26.6 Å². The Labute approximate surface area is 190 Å². The van der Waals surface area contributed by atoms with Gasteiger partial charge in [0.1, 0.15) is 23.8 Å². The molecule has 5 aromatic rings. The highest BCUT2D eigenvalue weighted by atomic mass is 19.1. The molecule has 5 nitrogen and oxygen atoms in total. The lowest BCUT2D eigenvalue weighted by Crippen LogP contribution is -2.13. The van der Waals surface area contributed by atoms with E-state index in [1.54, 1.807) is 22.4 Å². The Balaban J connectivity index is 1.62. The van der Waals surface area contributed by atoms with E-state index in [1.807, 2.05) is 18.2 Å². The van der Waals surface area contributed by atoms with Crippen LogP contribution in [0.25, 0.3) is 27.8 Å². The lowest BCUT2D eigenvalue weighted by molar-refractivity contribution is 0.590. The van der Waals surface area contributed by atoms with Crippen molar-refractivity contribution in [1.82, 2.24) is 19.6 Å². The summed E-state index contributed by atoms with van der Waals surface area (Å²) >= 11 is 0. The van der Waals surface area contributed by atoms with Gasteiger partial charge in [0.25, 0.3) is 5.78 Å². The Hall–Kier alpha value is -3.87. The summed E-state index contributed by atoms with van der Waals surface area (Å²) in [6.07, 6.45) is 1.54. The molecule has 0 saturated heterocycles. The number of hydrogen-bond acceptors (Lipinski definition) is 4. The fraction of sp³-hybridized carbons (Fsp3) is 0.192. The molecule has 2 heterocycles. The molecule has 0 aliphatic rings. The van der Waals surface area contributed by atoms with Crippen molar-refractivity contribution in [2.45, 2.75) is 26.2 Å². The van der Waals surface area contributed by atoms with Gasteiger partial charge in [-0.15, -0.1) is 10.2 Å². The van der Waals surface area contributed by atoms with E-state index < -0.39 is 0 Å². The quantitative estimate of drug-likeness (QED) is 0.329. The van der Waals surface area contributed by atoms with Gasteiger partial charge in [-0.1, -0.05) is 45.0 Å². The normalized spacial score (nSPS) is 11.9. The maximum Gasteiger partial charge on any atom is 0.257 e. The van der Waals surface area contributed by atoms with Crippen molar-refractivity contribution in [1.29, 1.82) is 0 Å². The molecule has 7 heteroatoms. The second-order valence-corrected chi connectivity index (χ2v) is 9.18. The Morgan fingerprint density at radius 1 is 0.848 bits per heavy atom. The molecule has 0 saturated carbocycles. The number of anilines is 2. The van der Waals surface area contributed by atoms with Gasteiger partial charge >= 0.3 is 0 Å². The van der Waals surface area contributed by atoms with Crippen LogP contribution in [0.15, 0.2) is 67.0 Å². The first-order valence-electron chi connectivity index (χ1n) is 10.6. The van der Waals surface area contributed by atoms with Crippen molar-refractivity contribution in [3.8, 4) is 11.1 Å². The summed E-state index contributed by atoms with van der Waals surface area (Å²) in [5.41, 5.74) is 4.20. The lowest BCUT2D eigenvalue weighted by atomic mass is 9.86. The highest BCUT2D eigenvalue weighted by molar-refractivity contribution is 5.93. The Morgan fingerprint density at radius 3 is 2.33 bits per heavy atom. The van der Waals surface area contributed by atoms with E-state index >= 15 is 0 Å². The standard InChI is InChI=1S/C26H23F2N5/c1-26(2,3)18-7-5-16(6-8-18)17-11-20(28)13-21(12-17)32(4)24-22-14-19(27)9-10-23(22)33-15-29-31-25(33)30-24/h5-15H,1-4H3. The average molecular weight is 444 g/mol. The predicted molar refractivity (Wildman–Crippen MR) is 127 cm³/mol. The molecule has 0 atom stereocenters. The molecule has 0 fully saturated rings. The van der Waals surface area contributed by atoms with Crippen LogP contribution in [0.1, 0.15) is 26.3 Å². The zero-order valence-electron chi connectivity index (χ0n) is 18.8. The van der Waals surface area contributed by atoms with Crippen molar-refractivity contribution < 1.29 is 8.78 Å². The molecule has 2 aromatic heterocycles. The number of rotatable bonds is 3. The van der Waals surface area contributed by atoms with Crippen LogP contribution in [0.3, 0.4) is 0 Å². The Bertz CT molecular complexity index is 1480. The molecule has 3 aromatic carbocycles. The fourth-order valence-corrected chi connectivity index (χ4v) is 4.00. The molecule has 5 rings (SSSR count). The summed E-state index contributed by atoms with van der Waals surface area (Å²) in [5, 5.41) is 8.54. The van der Waals surface area contributed by atoms with Crippen molar-refractivity contribution in [3.05, 3.63) is 84.2 Å². The third-order valence-electron chi connectivity index (χ3n) is 5.87. The minimum Gasteiger partial charge on any atom is -0.329 e. The van der Waals surface area contributed by atoms with Crippen LogP contribution < -0.4 is 4.90 Å². The molecule has 0 N–H and O–H groups in total. The maximum absolute atomic E-state index is 14.7. The van der Waals surface area contributed by atoms with Crippen molar-refractivity contribution in [2.75, 3.05) is 11.9 Å². The average Bonchev–Trinajstić information content (AvgIpc) is 3.26. The van der Waals surface area contributed by atoms with Crippen LogP contribution >= 0.6 is 0 Å². The minimum absolute atomic E-state index is 0.0359. The number of benzene rings is 3. The molecule has 166 valence electrons. The van der Waals surface area contributed by atoms with Crippen LogP contribution in [0.4, 0.5) is 20.3 Å². The molecule has 0 aliphatic carbocycles. The lowest BCUT2D eigenvalue weighted by Gasteiger charge is -2.22. The molecule has 0 radical (unpaired) electrons. The van der Waals surface area contributed by atoms with Gasteiger partial charge in [-0.3, -0.25) is 4.40 Å². The third-order valence-corrected chi connectivity index (χ3v) is 5.87. The van der Waals surface area contributed by atoms with E-state index in [0.29, 0.717) is 28.2 Å². The first-order chi connectivity index (χ1) is 15.7. The van der Waals surface area contributed by atoms with Crippen LogP contribution in [0.5, 0.6) is 0 Å². The first-order valence-corrected chi connectivity index (χ1v) is 10.6. The summed E-state index contributed by atoms with van der Waals surface area (Å²) in [6.45, 7) is 6.47. The highest BCUT2D eigenvalue weighted by Gasteiger charge is 2.17. The smallest absolute Gasteiger partial charge is 0.257 e. The molecule has 0 spiro atoms. The zero-order chi connectivity index (χ0) is 23.3. The monoisotopic (exact) mass is 443 g/mol. The third kappa shape index (κ3) is 3.80. The van der Waals surface area contributed by atoms with Gasteiger partial charge in [0.2, 0.25) is 0 Å². The first kappa shape index (κ1) is 21.0. The van der Waals surface area contributed by atoms with Gasteiger partial charge in [0.05, 0.1) is 5.52 Å². The fourth-order valence-electron chi connectivity index (χ4n) is 4.00. The van der Waals surface area contributed by atoms with Gasteiger partial charge in [-0.2, -0.15) is 4.98 Å². The molecular weight excluding hydrogens is 420 g/mol. The Kier molecular flexibility index (Phi) is 4.85. The number of halogens is 2. The van der Waals surface area contributed by atoms with E-state index in [4.69, 9.17) is 0 Å². The summed E-state index contributed by atoms with van der Waals surface area (Å²) in [4.78, 5) is 6.32. The van der Waals surface area contributed by atoms with E-state index in [9.17, 15) is 8.78 Å². The summed E-state index contributed by atoms with van der Waals surface area (Å²) in [5.74, 6) is 0.0912. The maximum atomic E-state index is 14.7. The van der Waals surface area contributed by atoms with E-state index in [0.717, 1.165) is 11.1 Å².